The molecule has 2 nitrogen and oxygen atoms in total. The molecule has 0 aliphatic heterocycles. The number of nitrogens with zero attached hydrogens (tertiary/aromatic N) is 1. The molecule has 0 atom stereocenters. The van der Waals surface area contributed by atoms with Gasteiger partial charge in [0, 0.05) is 18.7 Å². The SMILES string of the molecule is CN(Cc1ccsc1)Cc1cc(F)cc(C(N)=S)c1. The standard InChI is InChI=1S/C14H15FN2S2/c1-17(7-10-2-3-19-9-10)8-11-4-12(14(16)18)6-13(15)5-11/h2-6,9H,7-8H2,1H3,(H2,16,18). The molecule has 0 fully saturated rings. The zero-order valence-corrected chi connectivity index (χ0v) is 12.2. The van der Waals surface area contributed by atoms with E-state index in [1.54, 1.807) is 11.3 Å². The number of rotatable bonds is 5. The van der Waals surface area contributed by atoms with Gasteiger partial charge < -0.3 is 5.73 Å². The summed E-state index contributed by atoms with van der Waals surface area (Å²) >= 11 is 6.56. The van der Waals surface area contributed by atoms with Crippen molar-refractivity contribution < 1.29 is 4.39 Å². The van der Waals surface area contributed by atoms with Crippen molar-refractivity contribution in [1.82, 2.24) is 4.90 Å². The van der Waals surface area contributed by atoms with Gasteiger partial charge in [0.15, 0.2) is 0 Å². The predicted molar refractivity (Wildman–Crippen MR) is 81.8 cm³/mol. The van der Waals surface area contributed by atoms with Crippen LogP contribution < -0.4 is 5.73 Å². The zero-order valence-electron chi connectivity index (χ0n) is 10.6. The van der Waals surface area contributed by atoms with Crippen molar-refractivity contribution in [1.29, 1.82) is 0 Å². The first kappa shape index (κ1) is 14.1. The maximum Gasteiger partial charge on any atom is 0.124 e. The maximum absolute atomic E-state index is 13.5. The Hall–Kier alpha value is -1.30. The fraction of sp³-hybridized carbons (Fsp3) is 0.214. The number of halogens is 1. The highest BCUT2D eigenvalue weighted by Crippen LogP contribution is 2.14. The van der Waals surface area contributed by atoms with Crippen molar-refractivity contribution in [3.63, 3.8) is 0 Å². The minimum atomic E-state index is -0.302. The average Bonchev–Trinajstić information content (AvgIpc) is 2.80. The Morgan fingerprint density at radius 1 is 1.32 bits per heavy atom. The molecule has 2 aromatic rings. The highest BCUT2D eigenvalue weighted by molar-refractivity contribution is 7.80. The van der Waals surface area contributed by atoms with E-state index in [-0.39, 0.29) is 10.8 Å². The van der Waals surface area contributed by atoms with Crippen molar-refractivity contribution in [3.8, 4) is 0 Å². The van der Waals surface area contributed by atoms with E-state index in [2.05, 4.69) is 21.7 Å². The minimum absolute atomic E-state index is 0.223. The summed E-state index contributed by atoms with van der Waals surface area (Å²) in [5, 5.41) is 4.17. The Kier molecular flexibility index (Phi) is 4.63. The fourth-order valence-electron chi connectivity index (χ4n) is 1.95. The molecule has 0 unspecified atom stereocenters. The molecule has 0 aliphatic carbocycles. The third-order valence-corrected chi connectivity index (χ3v) is 3.69. The van der Waals surface area contributed by atoms with E-state index < -0.39 is 0 Å². The Morgan fingerprint density at radius 2 is 2.05 bits per heavy atom. The van der Waals surface area contributed by atoms with E-state index in [9.17, 15) is 4.39 Å². The molecular formula is C14H15FN2S2. The quantitative estimate of drug-likeness (QED) is 0.859. The van der Waals surface area contributed by atoms with Crippen LogP contribution in [0.5, 0.6) is 0 Å². The molecule has 1 heterocycles. The molecule has 0 aliphatic rings. The summed E-state index contributed by atoms with van der Waals surface area (Å²) < 4.78 is 13.5. The van der Waals surface area contributed by atoms with E-state index >= 15 is 0 Å². The predicted octanol–water partition coefficient (Wildman–Crippen LogP) is 3.15. The number of hydrogen-bond acceptors (Lipinski definition) is 3. The molecule has 2 rings (SSSR count). The molecule has 19 heavy (non-hydrogen) atoms. The molecule has 0 saturated carbocycles. The van der Waals surface area contributed by atoms with Crippen LogP contribution >= 0.6 is 23.6 Å². The van der Waals surface area contributed by atoms with Gasteiger partial charge in [0.2, 0.25) is 0 Å². The van der Waals surface area contributed by atoms with E-state index in [0.29, 0.717) is 12.1 Å². The average molecular weight is 294 g/mol. The maximum atomic E-state index is 13.5. The first-order valence-electron chi connectivity index (χ1n) is 5.83. The van der Waals surface area contributed by atoms with Crippen LogP contribution in [-0.2, 0) is 13.1 Å². The largest absolute Gasteiger partial charge is 0.389 e. The third-order valence-electron chi connectivity index (χ3n) is 2.73. The second kappa shape index (κ2) is 6.23. The smallest absolute Gasteiger partial charge is 0.124 e. The summed E-state index contributed by atoms with van der Waals surface area (Å²) in [5.74, 6) is -0.302. The summed E-state index contributed by atoms with van der Waals surface area (Å²) in [6, 6.07) is 6.82. The fourth-order valence-corrected chi connectivity index (χ4v) is 2.72. The Bertz CT molecular complexity index is 567. The van der Waals surface area contributed by atoms with Crippen molar-refractivity contribution in [3.05, 3.63) is 57.5 Å². The number of nitrogens with two attached hydrogens (primary N) is 1. The molecule has 0 amide bonds. The first-order chi connectivity index (χ1) is 9.04. The van der Waals surface area contributed by atoms with E-state index in [1.807, 2.05) is 13.1 Å². The minimum Gasteiger partial charge on any atom is -0.389 e. The topological polar surface area (TPSA) is 29.3 Å². The highest BCUT2D eigenvalue weighted by atomic mass is 32.1. The van der Waals surface area contributed by atoms with Gasteiger partial charge in [0.25, 0.3) is 0 Å². The van der Waals surface area contributed by atoms with Gasteiger partial charge in [0.05, 0.1) is 0 Å². The van der Waals surface area contributed by atoms with Gasteiger partial charge >= 0.3 is 0 Å². The van der Waals surface area contributed by atoms with Crippen LogP contribution in [0.15, 0.2) is 35.0 Å². The van der Waals surface area contributed by atoms with Gasteiger partial charge in [-0.25, -0.2) is 4.39 Å². The molecule has 2 N–H and O–H groups in total. The van der Waals surface area contributed by atoms with E-state index in [1.165, 1.54) is 17.7 Å². The first-order valence-corrected chi connectivity index (χ1v) is 7.18. The van der Waals surface area contributed by atoms with Crippen molar-refractivity contribution in [2.45, 2.75) is 13.1 Å². The molecule has 0 radical (unpaired) electrons. The Labute approximate surface area is 121 Å². The molecule has 5 heteroatoms. The Balaban J connectivity index is 2.08. The van der Waals surface area contributed by atoms with Gasteiger partial charge in [-0.2, -0.15) is 11.3 Å². The van der Waals surface area contributed by atoms with Gasteiger partial charge in [-0.1, -0.05) is 12.2 Å². The van der Waals surface area contributed by atoms with Crippen LogP contribution in [0.1, 0.15) is 16.7 Å². The lowest BCUT2D eigenvalue weighted by molar-refractivity contribution is 0.319. The molecule has 0 bridgehead atoms. The summed E-state index contributed by atoms with van der Waals surface area (Å²) in [4.78, 5) is 2.35. The van der Waals surface area contributed by atoms with Crippen LogP contribution in [-0.4, -0.2) is 16.9 Å². The van der Waals surface area contributed by atoms with Crippen molar-refractivity contribution >= 4 is 28.5 Å². The number of thiocarbonyl (C=S) groups is 1. The Morgan fingerprint density at radius 3 is 2.68 bits per heavy atom. The van der Waals surface area contributed by atoms with Gasteiger partial charge in [-0.15, -0.1) is 0 Å². The van der Waals surface area contributed by atoms with E-state index in [0.717, 1.165) is 12.1 Å². The number of hydrogen-bond donors (Lipinski definition) is 1. The molecule has 1 aromatic carbocycles. The lowest BCUT2D eigenvalue weighted by Gasteiger charge is -2.16. The normalized spacial score (nSPS) is 10.9. The van der Waals surface area contributed by atoms with Crippen LogP contribution in [0.2, 0.25) is 0 Å². The monoisotopic (exact) mass is 294 g/mol. The summed E-state index contributed by atoms with van der Waals surface area (Å²) in [5.41, 5.74) is 8.26. The highest BCUT2D eigenvalue weighted by Gasteiger charge is 2.06. The lowest BCUT2D eigenvalue weighted by atomic mass is 10.1. The summed E-state index contributed by atoms with van der Waals surface area (Å²) in [6.45, 7) is 1.49. The molecule has 0 saturated heterocycles. The third kappa shape index (κ3) is 4.09. The summed E-state index contributed by atoms with van der Waals surface area (Å²) in [7, 11) is 2.00. The lowest BCUT2D eigenvalue weighted by Crippen LogP contribution is -2.18. The van der Waals surface area contributed by atoms with Gasteiger partial charge in [0.1, 0.15) is 10.8 Å². The molecule has 1 aromatic heterocycles. The zero-order chi connectivity index (χ0) is 13.8. The number of thiophene rings is 1. The van der Waals surface area contributed by atoms with Crippen LogP contribution in [0.3, 0.4) is 0 Å². The second-order valence-corrected chi connectivity index (χ2v) is 5.74. The van der Waals surface area contributed by atoms with Crippen molar-refractivity contribution in [2.75, 3.05) is 7.05 Å². The molecular weight excluding hydrogens is 279 g/mol. The van der Waals surface area contributed by atoms with Crippen molar-refractivity contribution in [2.24, 2.45) is 5.73 Å². The molecule has 0 spiro atoms. The second-order valence-electron chi connectivity index (χ2n) is 4.52. The number of benzene rings is 1. The molecule has 100 valence electrons. The van der Waals surface area contributed by atoms with Crippen LogP contribution in [0.25, 0.3) is 0 Å². The van der Waals surface area contributed by atoms with Crippen LogP contribution in [0, 0.1) is 5.82 Å². The van der Waals surface area contributed by atoms with E-state index in [4.69, 9.17) is 18.0 Å². The van der Waals surface area contributed by atoms with Gasteiger partial charge in [-0.3, -0.25) is 4.90 Å². The van der Waals surface area contributed by atoms with Gasteiger partial charge in [-0.05, 0) is 53.2 Å². The summed E-state index contributed by atoms with van der Waals surface area (Å²) in [6.07, 6.45) is 0. The van der Waals surface area contributed by atoms with Crippen LogP contribution in [0.4, 0.5) is 4.39 Å².